The van der Waals surface area contributed by atoms with Crippen LogP contribution in [0.4, 0.5) is 5.69 Å². The molecule has 5 nitrogen and oxygen atoms in total. The van der Waals surface area contributed by atoms with Gasteiger partial charge in [0.15, 0.2) is 5.96 Å². The normalized spacial score (nSPS) is 11.2. The third-order valence-electron chi connectivity index (χ3n) is 3.29. The van der Waals surface area contributed by atoms with Gasteiger partial charge in [-0.1, -0.05) is 24.3 Å². The summed E-state index contributed by atoms with van der Waals surface area (Å²) in [6.07, 6.45) is 0.733. The summed E-state index contributed by atoms with van der Waals surface area (Å²) in [5.41, 5.74) is 7.80. The molecule has 2 aromatic rings. The minimum absolute atomic E-state index is 0.350. The summed E-state index contributed by atoms with van der Waals surface area (Å²) < 4.78 is 11.6. The number of aliphatic imine (C=N–C) groups is 1. The van der Waals surface area contributed by atoms with Crippen LogP contribution in [0.1, 0.15) is 5.56 Å². The summed E-state index contributed by atoms with van der Waals surface area (Å²) in [5.74, 6) is 1.90. The van der Waals surface area contributed by atoms with Gasteiger partial charge < -0.3 is 20.5 Å². The van der Waals surface area contributed by atoms with Gasteiger partial charge in [0.2, 0.25) is 0 Å². The minimum Gasteiger partial charge on any atom is -0.495 e. The van der Waals surface area contributed by atoms with Crippen molar-refractivity contribution in [3.63, 3.8) is 0 Å². The molecule has 0 spiro atoms. The first kappa shape index (κ1) is 17.1. The monoisotopic (exact) mass is 377 g/mol. The second-order valence-electron chi connectivity index (χ2n) is 4.77. The largest absolute Gasteiger partial charge is 0.495 e. The van der Waals surface area contributed by atoms with E-state index in [0.29, 0.717) is 12.5 Å². The zero-order valence-electron chi connectivity index (χ0n) is 13.2. The summed E-state index contributed by atoms with van der Waals surface area (Å²) in [6, 6.07) is 13.5. The Bertz CT molecular complexity index is 689. The van der Waals surface area contributed by atoms with Gasteiger partial charge in [-0.2, -0.15) is 0 Å². The van der Waals surface area contributed by atoms with Gasteiger partial charge in [0.05, 0.1) is 24.4 Å². The van der Waals surface area contributed by atoms with Crippen LogP contribution in [0.3, 0.4) is 0 Å². The van der Waals surface area contributed by atoms with Gasteiger partial charge in [0, 0.05) is 6.54 Å². The summed E-state index contributed by atoms with van der Waals surface area (Å²) >= 11 is 3.48. The van der Waals surface area contributed by atoms with Crippen LogP contribution >= 0.6 is 15.9 Å². The first-order valence-electron chi connectivity index (χ1n) is 7.17. The van der Waals surface area contributed by atoms with Crippen molar-refractivity contribution in [2.75, 3.05) is 26.1 Å². The third kappa shape index (κ3) is 4.63. The number of guanidine groups is 1. The lowest BCUT2D eigenvalue weighted by Crippen LogP contribution is -2.23. The van der Waals surface area contributed by atoms with Crippen molar-refractivity contribution < 1.29 is 9.47 Å². The molecule has 0 amide bonds. The number of nitrogens with one attached hydrogen (secondary N) is 1. The van der Waals surface area contributed by atoms with Crippen LogP contribution in [0.5, 0.6) is 11.5 Å². The Hall–Kier alpha value is -2.21. The van der Waals surface area contributed by atoms with Crippen LogP contribution < -0.4 is 20.5 Å². The highest BCUT2D eigenvalue weighted by Crippen LogP contribution is 2.29. The van der Waals surface area contributed by atoms with Crippen molar-refractivity contribution in [1.29, 1.82) is 0 Å². The van der Waals surface area contributed by atoms with Gasteiger partial charge in [-0.15, -0.1) is 0 Å². The minimum atomic E-state index is 0.350. The number of halogens is 1. The van der Waals surface area contributed by atoms with E-state index in [0.717, 1.165) is 33.6 Å². The lowest BCUT2D eigenvalue weighted by molar-refractivity contribution is 0.407. The van der Waals surface area contributed by atoms with Gasteiger partial charge in [0.1, 0.15) is 11.5 Å². The van der Waals surface area contributed by atoms with E-state index in [9.17, 15) is 0 Å². The number of ether oxygens (including phenoxy) is 2. The molecular weight excluding hydrogens is 358 g/mol. The molecule has 0 heterocycles. The Morgan fingerprint density at radius 3 is 2.65 bits per heavy atom. The third-order valence-corrected chi connectivity index (χ3v) is 3.91. The van der Waals surface area contributed by atoms with Gasteiger partial charge in [-0.3, -0.25) is 4.99 Å². The van der Waals surface area contributed by atoms with E-state index in [1.54, 1.807) is 14.2 Å². The molecule has 0 saturated heterocycles. The Balaban J connectivity index is 1.99. The van der Waals surface area contributed by atoms with Crippen molar-refractivity contribution in [2.45, 2.75) is 6.42 Å². The van der Waals surface area contributed by atoms with Crippen LogP contribution in [0.25, 0.3) is 0 Å². The van der Waals surface area contributed by atoms with Gasteiger partial charge in [0.25, 0.3) is 0 Å². The molecule has 0 radical (unpaired) electrons. The van der Waals surface area contributed by atoms with Crippen LogP contribution in [0.2, 0.25) is 0 Å². The summed E-state index contributed by atoms with van der Waals surface area (Å²) in [6.45, 7) is 0.556. The Morgan fingerprint density at radius 2 is 1.91 bits per heavy atom. The average molecular weight is 378 g/mol. The first-order valence-corrected chi connectivity index (χ1v) is 7.96. The van der Waals surface area contributed by atoms with E-state index < -0.39 is 0 Å². The standard InChI is InChI=1S/C17H20BrN3O2/c1-22-15-9-4-3-8-14(15)21-17(19)20-11-10-12-6-5-7-13(18)16(12)23-2/h3-9H,10-11H2,1-2H3,(H3,19,20,21). The summed E-state index contributed by atoms with van der Waals surface area (Å²) in [4.78, 5) is 4.35. The van der Waals surface area contributed by atoms with Crippen LogP contribution in [-0.2, 0) is 6.42 Å². The van der Waals surface area contributed by atoms with Gasteiger partial charge in [-0.05, 0) is 46.1 Å². The Labute approximate surface area is 144 Å². The zero-order valence-corrected chi connectivity index (χ0v) is 14.8. The number of nitrogens with two attached hydrogens (primary N) is 1. The van der Waals surface area contributed by atoms with E-state index in [2.05, 4.69) is 26.2 Å². The second kappa shape index (κ2) is 8.43. The highest BCUT2D eigenvalue weighted by Gasteiger charge is 2.06. The molecule has 3 N–H and O–H groups in total. The van der Waals surface area contributed by atoms with Crippen molar-refractivity contribution in [1.82, 2.24) is 0 Å². The molecule has 0 aromatic heterocycles. The van der Waals surface area contributed by atoms with E-state index in [1.165, 1.54) is 0 Å². The molecule has 0 fully saturated rings. The fourth-order valence-electron chi connectivity index (χ4n) is 2.20. The summed E-state index contributed by atoms with van der Waals surface area (Å²) in [7, 11) is 3.28. The van der Waals surface area contributed by atoms with Crippen molar-refractivity contribution in [2.24, 2.45) is 10.7 Å². The smallest absolute Gasteiger partial charge is 0.193 e. The lowest BCUT2D eigenvalue weighted by Gasteiger charge is -2.11. The molecule has 6 heteroatoms. The van der Waals surface area contributed by atoms with Crippen LogP contribution in [0, 0.1) is 0 Å². The molecule has 0 aliphatic carbocycles. The zero-order chi connectivity index (χ0) is 16.7. The number of benzene rings is 2. The maximum Gasteiger partial charge on any atom is 0.193 e. The molecule has 2 rings (SSSR count). The molecule has 0 unspecified atom stereocenters. The van der Waals surface area contributed by atoms with E-state index in [4.69, 9.17) is 15.2 Å². The van der Waals surface area contributed by atoms with Gasteiger partial charge >= 0.3 is 0 Å². The molecule has 0 saturated carbocycles. The summed E-state index contributed by atoms with van der Waals surface area (Å²) in [5, 5.41) is 3.05. The Kier molecular flexibility index (Phi) is 6.29. The topological polar surface area (TPSA) is 68.9 Å². The molecule has 2 aromatic carbocycles. The fraction of sp³-hybridized carbons (Fsp3) is 0.235. The molecular formula is C17H20BrN3O2. The predicted molar refractivity (Wildman–Crippen MR) is 97.5 cm³/mol. The lowest BCUT2D eigenvalue weighted by atomic mass is 10.1. The van der Waals surface area contributed by atoms with Crippen LogP contribution in [-0.4, -0.2) is 26.7 Å². The highest BCUT2D eigenvalue weighted by atomic mass is 79.9. The van der Waals surface area contributed by atoms with Crippen molar-refractivity contribution in [3.8, 4) is 11.5 Å². The van der Waals surface area contributed by atoms with E-state index in [1.807, 2.05) is 42.5 Å². The number of rotatable bonds is 6. The molecule has 23 heavy (non-hydrogen) atoms. The van der Waals surface area contributed by atoms with Crippen LogP contribution in [0.15, 0.2) is 51.9 Å². The number of para-hydroxylation sites is 3. The van der Waals surface area contributed by atoms with Crippen molar-refractivity contribution in [3.05, 3.63) is 52.5 Å². The molecule has 122 valence electrons. The molecule has 0 aliphatic heterocycles. The SMILES string of the molecule is COc1ccccc1NC(N)=NCCc1cccc(Br)c1OC. The Morgan fingerprint density at radius 1 is 1.13 bits per heavy atom. The number of anilines is 1. The molecule has 0 bridgehead atoms. The maximum atomic E-state index is 5.94. The quantitative estimate of drug-likeness (QED) is 0.597. The number of hydrogen-bond acceptors (Lipinski definition) is 3. The predicted octanol–water partition coefficient (Wildman–Crippen LogP) is 3.44. The second-order valence-corrected chi connectivity index (χ2v) is 5.63. The number of methoxy groups -OCH3 is 2. The molecule has 0 atom stereocenters. The molecule has 0 aliphatic rings. The van der Waals surface area contributed by atoms with Crippen molar-refractivity contribution >= 4 is 27.6 Å². The first-order chi connectivity index (χ1) is 11.2. The average Bonchev–Trinajstić information content (AvgIpc) is 2.55. The van der Waals surface area contributed by atoms with Gasteiger partial charge in [-0.25, -0.2) is 0 Å². The van der Waals surface area contributed by atoms with E-state index in [-0.39, 0.29) is 0 Å². The maximum absolute atomic E-state index is 5.94. The number of hydrogen-bond donors (Lipinski definition) is 2. The number of nitrogens with zero attached hydrogens (tertiary/aromatic N) is 1. The fourth-order valence-corrected chi connectivity index (χ4v) is 2.77. The highest BCUT2D eigenvalue weighted by molar-refractivity contribution is 9.10. The van der Waals surface area contributed by atoms with E-state index >= 15 is 0 Å².